The molecule has 84 valence electrons. The maximum atomic E-state index is 11.4. The largest absolute Gasteiger partial charge is 0.373 e. The van der Waals surface area contributed by atoms with Gasteiger partial charge in [-0.1, -0.05) is 17.8 Å². The number of amides is 2. The number of anilines is 1. The van der Waals surface area contributed by atoms with E-state index in [4.69, 9.17) is 0 Å². The Hall–Kier alpha value is -1.56. The minimum absolute atomic E-state index is 0.147. The lowest BCUT2D eigenvalue weighted by molar-refractivity contribution is -0.125. The summed E-state index contributed by atoms with van der Waals surface area (Å²) in [5.74, 6) is 0.820. The zero-order valence-corrected chi connectivity index (χ0v) is 9.58. The molecular weight excluding hydrogens is 226 g/mol. The van der Waals surface area contributed by atoms with Crippen molar-refractivity contribution in [3.8, 4) is 0 Å². The molecule has 2 rings (SSSR count). The summed E-state index contributed by atoms with van der Waals surface area (Å²) in [6.07, 6.45) is 0. The molecule has 0 aliphatic carbocycles. The van der Waals surface area contributed by atoms with Gasteiger partial charge in [0, 0.05) is 7.05 Å². The quantitative estimate of drug-likeness (QED) is 0.859. The van der Waals surface area contributed by atoms with Crippen LogP contribution in [0.4, 0.5) is 10.6 Å². The van der Waals surface area contributed by atoms with Gasteiger partial charge in [-0.15, -0.1) is 0 Å². The molecule has 0 radical (unpaired) electrons. The van der Waals surface area contributed by atoms with Gasteiger partial charge >= 0.3 is 0 Å². The molecule has 0 saturated carbocycles. The number of aromatic nitrogens is 1. The fourth-order valence-electron chi connectivity index (χ4n) is 1.40. The van der Waals surface area contributed by atoms with Crippen LogP contribution >= 0.6 is 11.8 Å². The van der Waals surface area contributed by atoms with Gasteiger partial charge in [-0.3, -0.25) is 14.5 Å². The zero-order chi connectivity index (χ0) is 11.5. The number of imide groups is 1. The van der Waals surface area contributed by atoms with Crippen LogP contribution in [0.3, 0.4) is 0 Å². The molecule has 0 atom stereocenters. The Balaban J connectivity index is 2.14. The van der Waals surface area contributed by atoms with Gasteiger partial charge < -0.3 is 5.32 Å². The fourth-order valence-corrected chi connectivity index (χ4v) is 2.13. The van der Waals surface area contributed by atoms with Crippen molar-refractivity contribution in [2.24, 2.45) is 0 Å². The van der Waals surface area contributed by atoms with Crippen LogP contribution in [-0.4, -0.2) is 33.8 Å². The van der Waals surface area contributed by atoms with E-state index in [-0.39, 0.29) is 23.4 Å². The number of hydrogen-bond acceptors (Lipinski definition) is 5. The summed E-state index contributed by atoms with van der Waals surface area (Å²) < 4.78 is 0. The van der Waals surface area contributed by atoms with Crippen molar-refractivity contribution in [2.75, 3.05) is 18.1 Å². The molecule has 1 saturated heterocycles. The van der Waals surface area contributed by atoms with E-state index in [1.165, 1.54) is 4.90 Å². The Bertz CT molecular complexity index is 420. The zero-order valence-electron chi connectivity index (χ0n) is 8.77. The van der Waals surface area contributed by atoms with Gasteiger partial charge in [-0.05, 0) is 12.1 Å². The Kier molecular flexibility index (Phi) is 3.09. The second-order valence-electron chi connectivity index (χ2n) is 3.30. The molecule has 6 heteroatoms. The van der Waals surface area contributed by atoms with Crippen molar-refractivity contribution in [1.82, 2.24) is 9.88 Å². The summed E-state index contributed by atoms with van der Waals surface area (Å²) in [6.45, 7) is 0.250. The van der Waals surface area contributed by atoms with Gasteiger partial charge in [-0.2, -0.15) is 0 Å². The summed E-state index contributed by atoms with van der Waals surface area (Å²) in [4.78, 5) is 28.2. The third kappa shape index (κ3) is 2.16. The molecule has 5 nitrogen and oxygen atoms in total. The summed E-state index contributed by atoms with van der Waals surface area (Å²) >= 11 is 1.04. The second kappa shape index (κ2) is 4.52. The average molecular weight is 237 g/mol. The molecule has 1 N–H and O–H groups in total. The van der Waals surface area contributed by atoms with E-state index in [0.717, 1.165) is 17.6 Å². The summed E-state index contributed by atoms with van der Waals surface area (Å²) in [5, 5.41) is 2.72. The van der Waals surface area contributed by atoms with Crippen LogP contribution in [0.15, 0.2) is 18.2 Å². The van der Waals surface area contributed by atoms with Gasteiger partial charge in [0.1, 0.15) is 5.82 Å². The smallest absolute Gasteiger partial charge is 0.289 e. The Labute approximate surface area is 97.2 Å². The predicted octanol–water partition coefficient (Wildman–Crippen LogP) is 1.32. The lowest BCUT2D eigenvalue weighted by Crippen LogP contribution is -2.28. The maximum Gasteiger partial charge on any atom is 0.289 e. The molecule has 0 bridgehead atoms. The lowest BCUT2D eigenvalue weighted by atomic mass is 10.3. The highest BCUT2D eigenvalue weighted by Gasteiger charge is 2.29. The van der Waals surface area contributed by atoms with Crippen LogP contribution in [0.5, 0.6) is 0 Å². The highest BCUT2D eigenvalue weighted by atomic mass is 32.2. The minimum Gasteiger partial charge on any atom is -0.373 e. The van der Waals surface area contributed by atoms with Gasteiger partial charge in [-0.25, -0.2) is 4.98 Å². The number of nitrogens with zero attached hydrogens (tertiary/aromatic N) is 2. The monoisotopic (exact) mass is 237 g/mol. The van der Waals surface area contributed by atoms with Crippen LogP contribution in [0.25, 0.3) is 0 Å². The molecule has 0 unspecified atom stereocenters. The van der Waals surface area contributed by atoms with Gasteiger partial charge in [0.15, 0.2) is 0 Å². The van der Waals surface area contributed by atoms with Gasteiger partial charge in [0.05, 0.1) is 18.0 Å². The summed E-state index contributed by atoms with van der Waals surface area (Å²) in [5.41, 5.74) is 0.705. The summed E-state index contributed by atoms with van der Waals surface area (Å²) in [6, 6.07) is 5.46. The Morgan fingerprint density at radius 3 is 2.94 bits per heavy atom. The average Bonchev–Trinajstić information content (AvgIpc) is 2.61. The van der Waals surface area contributed by atoms with E-state index < -0.39 is 0 Å². The van der Waals surface area contributed by atoms with E-state index in [1.807, 2.05) is 12.1 Å². The number of carbonyl (C=O) groups excluding carboxylic acids is 2. The van der Waals surface area contributed by atoms with Crippen molar-refractivity contribution in [3.05, 3.63) is 23.9 Å². The first-order valence-corrected chi connectivity index (χ1v) is 5.80. The van der Waals surface area contributed by atoms with Crippen LogP contribution in [-0.2, 0) is 11.3 Å². The molecule has 2 heterocycles. The Morgan fingerprint density at radius 1 is 1.50 bits per heavy atom. The van der Waals surface area contributed by atoms with Gasteiger partial charge in [0.25, 0.3) is 5.24 Å². The Morgan fingerprint density at radius 2 is 2.31 bits per heavy atom. The fraction of sp³-hybridized carbons (Fsp3) is 0.300. The van der Waals surface area contributed by atoms with E-state index in [1.54, 1.807) is 13.1 Å². The molecule has 1 aliphatic rings. The topological polar surface area (TPSA) is 62.3 Å². The summed E-state index contributed by atoms with van der Waals surface area (Å²) in [7, 11) is 1.77. The molecule has 1 aromatic rings. The first-order valence-electron chi connectivity index (χ1n) is 4.81. The molecule has 2 amide bonds. The molecule has 1 fully saturated rings. The molecule has 16 heavy (non-hydrogen) atoms. The van der Waals surface area contributed by atoms with E-state index in [0.29, 0.717) is 5.69 Å². The number of nitrogens with one attached hydrogen (secondary N) is 1. The molecule has 1 aliphatic heterocycles. The van der Waals surface area contributed by atoms with Crippen LogP contribution in [0.1, 0.15) is 5.69 Å². The third-order valence-electron chi connectivity index (χ3n) is 2.22. The minimum atomic E-state index is -0.193. The van der Waals surface area contributed by atoms with Crippen molar-refractivity contribution in [1.29, 1.82) is 0 Å². The molecular formula is C10H11N3O2S. The molecule has 0 spiro atoms. The SMILES string of the molecule is CNc1cccc(CN2C(=O)CSC2=O)n1. The van der Waals surface area contributed by atoms with Crippen molar-refractivity contribution < 1.29 is 9.59 Å². The number of pyridine rings is 1. The van der Waals surface area contributed by atoms with Crippen LogP contribution in [0.2, 0.25) is 0 Å². The first kappa shape index (κ1) is 10.9. The number of thioether (sulfide) groups is 1. The van der Waals surface area contributed by atoms with Crippen molar-refractivity contribution >= 4 is 28.7 Å². The second-order valence-corrected chi connectivity index (χ2v) is 4.23. The third-order valence-corrected chi connectivity index (χ3v) is 3.08. The van der Waals surface area contributed by atoms with Crippen molar-refractivity contribution in [2.45, 2.75) is 6.54 Å². The maximum absolute atomic E-state index is 11.4. The molecule has 0 aromatic carbocycles. The van der Waals surface area contributed by atoms with E-state index in [9.17, 15) is 9.59 Å². The predicted molar refractivity (Wildman–Crippen MR) is 62.2 cm³/mol. The van der Waals surface area contributed by atoms with E-state index >= 15 is 0 Å². The number of hydrogen-bond donors (Lipinski definition) is 1. The highest BCUT2D eigenvalue weighted by molar-refractivity contribution is 8.14. The van der Waals surface area contributed by atoms with Crippen molar-refractivity contribution in [3.63, 3.8) is 0 Å². The highest BCUT2D eigenvalue weighted by Crippen LogP contribution is 2.20. The number of carbonyl (C=O) groups is 2. The normalized spacial score (nSPS) is 15.7. The molecule has 1 aromatic heterocycles. The van der Waals surface area contributed by atoms with E-state index in [2.05, 4.69) is 10.3 Å². The van der Waals surface area contributed by atoms with Gasteiger partial charge in [0.2, 0.25) is 5.91 Å². The number of rotatable bonds is 3. The lowest BCUT2D eigenvalue weighted by Gasteiger charge is -2.12. The van der Waals surface area contributed by atoms with Crippen LogP contribution in [0, 0.1) is 0 Å². The first-order chi connectivity index (χ1) is 7.70. The van der Waals surface area contributed by atoms with Crippen LogP contribution < -0.4 is 5.32 Å². The standard InChI is InChI=1S/C10H11N3O2S/c1-11-8-4-2-3-7(12-8)5-13-9(14)6-16-10(13)15/h2-4H,5-6H2,1H3,(H,11,12).